The number of rotatable bonds is 2. The highest BCUT2D eigenvalue weighted by Crippen LogP contribution is 2.36. The average Bonchev–Trinajstić information content (AvgIpc) is 2.78. The number of hydrogen-bond donors (Lipinski definition) is 1. The SMILES string of the molecule is COc1ccc2c(c1)CCC(N1CC(C)C(C)C1)C2N. The fraction of sp³-hybridized carbons (Fsp3) is 0.647. The maximum Gasteiger partial charge on any atom is 0.119 e. The minimum absolute atomic E-state index is 0.141. The molecule has 4 atom stereocenters. The van der Waals surface area contributed by atoms with Gasteiger partial charge >= 0.3 is 0 Å². The molecule has 0 saturated carbocycles. The summed E-state index contributed by atoms with van der Waals surface area (Å²) in [6, 6.07) is 7.00. The molecule has 1 aromatic carbocycles. The van der Waals surface area contributed by atoms with Crippen LogP contribution in [0.25, 0.3) is 0 Å². The first-order valence-electron chi connectivity index (χ1n) is 7.76. The smallest absolute Gasteiger partial charge is 0.119 e. The Labute approximate surface area is 122 Å². The van der Waals surface area contributed by atoms with Crippen LogP contribution in [0, 0.1) is 11.8 Å². The molecule has 1 aliphatic heterocycles. The third-order valence-electron chi connectivity index (χ3n) is 5.32. The van der Waals surface area contributed by atoms with Crippen LogP contribution in [-0.2, 0) is 6.42 Å². The molecule has 1 saturated heterocycles. The number of methoxy groups -OCH3 is 1. The van der Waals surface area contributed by atoms with Crippen LogP contribution in [0.5, 0.6) is 5.75 Å². The lowest BCUT2D eigenvalue weighted by Crippen LogP contribution is -2.44. The molecule has 3 nitrogen and oxygen atoms in total. The normalized spacial score (nSPS) is 34.0. The summed E-state index contributed by atoms with van der Waals surface area (Å²) in [6.45, 7) is 7.12. The Hall–Kier alpha value is -1.06. The molecule has 20 heavy (non-hydrogen) atoms. The van der Waals surface area contributed by atoms with Crippen molar-refractivity contribution in [1.29, 1.82) is 0 Å². The fourth-order valence-electron chi connectivity index (χ4n) is 3.80. The van der Waals surface area contributed by atoms with E-state index in [2.05, 4.69) is 30.9 Å². The van der Waals surface area contributed by atoms with Crippen LogP contribution in [0.1, 0.15) is 37.4 Å². The monoisotopic (exact) mass is 274 g/mol. The summed E-state index contributed by atoms with van der Waals surface area (Å²) in [5.41, 5.74) is 9.25. The van der Waals surface area contributed by atoms with Crippen LogP contribution in [0.3, 0.4) is 0 Å². The molecule has 3 heteroatoms. The molecule has 0 bridgehead atoms. The van der Waals surface area contributed by atoms with Crippen LogP contribution in [0.4, 0.5) is 0 Å². The van der Waals surface area contributed by atoms with Crippen LogP contribution in [0.15, 0.2) is 18.2 Å². The first kappa shape index (κ1) is 13.9. The molecule has 0 spiro atoms. The molecule has 1 aliphatic carbocycles. The highest BCUT2D eigenvalue weighted by Gasteiger charge is 2.36. The van der Waals surface area contributed by atoms with Crippen LogP contribution >= 0.6 is 0 Å². The van der Waals surface area contributed by atoms with Crippen LogP contribution in [0.2, 0.25) is 0 Å². The molecule has 1 fully saturated rings. The van der Waals surface area contributed by atoms with E-state index in [4.69, 9.17) is 10.5 Å². The van der Waals surface area contributed by atoms with Gasteiger partial charge < -0.3 is 10.5 Å². The molecular weight excluding hydrogens is 248 g/mol. The highest BCUT2D eigenvalue weighted by atomic mass is 16.5. The fourth-order valence-corrected chi connectivity index (χ4v) is 3.80. The number of likely N-dealkylation sites (tertiary alicyclic amines) is 1. The van der Waals surface area contributed by atoms with E-state index in [0.29, 0.717) is 6.04 Å². The summed E-state index contributed by atoms with van der Waals surface area (Å²) in [7, 11) is 1.72. The lowest BCUT2D eigenvalue weighted by atomic mass is 9.83. The van der Waals surface area contributed by atoms with Gasteiger partial charge in [-0.3, -0.25) is 4.90 Å². The van der Waals surface area contributed by atoms with Gasteiger partial charge in [0, 0.05) is 25.2 Å². The predicted molar refractivity (Wildman–Crippen MR) is 81.9 cm³/mol. The van der Waals surface area contributed by atoms with Gasteiger partial charge in [-0.2, -0.15) is 0 Å². The zero-order chi connectivity index (χ0) is 14.3. The van der Waals surface area contributed by atoms with Crippen molar-refractivity contribution in [3.8, 4) is 5.75 Å². The van der Waals surface area contributed by atoms with Crippen molar-refractivity contribution < 1.29 is 4.74 Å². The Balaban J connectivity index is 1.81. The molecule has 2 aliphatic rings. The van der Waals surface area contributed by atoms with E-state index in [-0.39, 0.29) is 6.04 Å². The number of benzene rings is 1. The summed E-state index contributed by atoms with van der Waals surface area (Å²) in [5, 5.41) is 0. The largest absolute Gasteiger partial charge is 0.497 e. The molecule has 2 N–H and O–H groups in total. The zero-order valence-corrected chi connectivity index (χ0v) is 12.8. The van der Waals surface area contributed by atoms with E-state index >= 15 is 0 Å². The van der Waals surface area contributed by atoms with Gasteiger partial charge in [0.2, 0.25) is 0 Å². The topological polar surface area (TPSA) is 38.5 Å². The molecule has 0 amide bonds. The van der Waals surface area contributed by atoms with E-state index in [1.165, 1.54) is 30.6 Å². The summed E-state index contributed by atoms with van der Waals surface area (Å²) >= 11 is 0. The minimum atomic E-state index is 0.141. The van der Waals surface area contributed by atoms with E-state index < -0.39 is 0 Å². The van der Waals surface area contributed by atoms with E-state index in [1.807, 2.05) is 6.07 Å². The van der Waals surface area contributed by atoms with E-state index in [9.17, 15) is 0 Å². The Bertz CT molecular complexity index is 478. The van der Waals surface area contributed by atoms with Gasteiger partial charge in [0.15, 0.2) is 0 Å². The van der Waals surface area contributed by atoms with E-state index in [0.717, 1.165) is 24.0 Å². The number of ether oxygens (including phenoxy) is 1. The second-order valence-corrected chi connectivity index (χ2v) is 6.61. The summed E-state index contributed by atoms with van der Waals surface area (Å²) in [6.07, 6.45) is 2.28. The molecule has 1 aromatic rings. The van der Waals surface area contributed by atoms with Crippen LogP contribution < -0.4 is 10.5 Å². The van der Waals surface area contributed by atoms with Crippen LogP contribution in [-0.4, -0.2) is 31.1 Å². The van der Waals surface area contributed by atoms with Gasteiger partial charge in [0.1, 0.15) is 5.75 Å². The third kappa shape index (κ3) is 2.33. The van der Waals surface area contributed by atoms with Crippen molar-refractivity contribution in [3.63, 3.8) is 0 Å². The van der Waals surface area contributed by atoms with Gasteiger partial charge in [0.05, 0.1) is 7.11 Å². The zero-order valence-electron chi connectivity index (χ0n) is 12.8. The highest BCUT2D eigenvalue weighted by molar-refractivity contribution is 5.40. The molecule has 3 rings (SSSR count). The number of nitrogens with zero attached hydrogens (tertiary/aromatic N) is 1. The maximum atomic E-state index is 6.57. The van der Waals surface area contributed by atoms with Gasteiger partial charge in [-0.25, -0.2) is 0 Å². The lowest BCUT2D eigenvalue weighted by molar-refractivity contribution is 0.183. The van der Waals surface area contributed by atoms with Gasteiger partial charge in [-0.05, 0) is 47.9 Å². The predicted octanol–water partition coefficient (Wildman–Crippen LogP) is 2.60. The second-order valence-electron chi connectivity index (χ2n) is 6.61. The van der Waals surface area contributed by atoms with Crippen molar-refractivity contribution in [2.45, 2.75) is 38.8 Å². The van der Waals surface area contributed by atoms with E-state index in [1.54, 1.807) is 7.11 Å². The number of hydrogen-bond acceptors (Lipinski definition) is 3. The number of nitrogens with two attached hydrogens (primary N) is 1. The molecule has 0 aromatic heterocycles. The second kappa shape index (κ2) is 5.38. The standard InChI is InChI=1S/C17H26N2O/c1-11-9-19(10-12(11)2)16-7-4-13-8-14(20-3)5-6-15(13)17(16)18/h5-6,8,11-12,16-17H,4,7,9-10,18H2,1-3H3. The Morgan fingerprint density at radius 3 is 2.55 bits per heavy atom. The Morgan fingerprint density at radius 1 is 1.20 bits per heavy atom. The summed E-state index contributed by atoms with van der Waals surface area (Å²) in [5.74, 6) is 2.52. The third-order valence-corrected chi connectivity index (χ3v) is 5.32. The number of aryl methyl sites for hydroxylation is 1. The Morgan fingerprint density at radius 2 is 1.90 bits per heavy atom. The minimum Gasteiger partial charge on any atom is -0.497 e. The van der Waals surface area contributed by atoms with Crippen molar-refractivity contribution in [2.24, 2.45) is 17.6 Å². The average molecular weight is 274 g/mol. The number of fused-ring (bicyclic) bond motifs is 1. The van der Waals surface area contributed by atoms with Crippen molar-refractivity contribution in [1.82, 2.24) is 4.90 Å². The Kier molecular flexibility index (Phi) is 3.74. The van der Waals surface area contributed by atoms with Gasteiger partial charge in [0.25, 0.3) is 0 Å². The van der Waals surface area contributed by atoms with Gasteiger partial charge in [-0.1, -0.05) is 19.9 Å². The van der Waals surface area contributed by atoms with Crippen molar-refractivity contribution in [2.75, 3.05) is 20.2 Å². The summed E-state index contributed by atoms with van der Waals surface area (Å²) < 4.78 is 5.32. The quantitative estimate of drug-likeness (QED) is 0.901. The summed E-state index contributed by atoms with van der Waals surface area (Å²) in [4.78, 5) is 2.62. The van der Waals surface area contributed by atoms with Gasteiger partial charge in [-0.15, -0.1) is 0 Å². The molecule has 110 valence electrons. The maximum absolute atomic E-state index is 6.57. The van der Waals surface area contributed by atoms with Crippen molar-refractivity contribution >= 4 is 0 Å². The molecule has 0 radical (unpaired) electrons. The molecule has 1 heterocycles. The first-order chi connectivity index (χ1) is 9.60. The lowest BCUT2D eigenvalue weighted by Gasteiger charge is -2.37. The first-order valence-corrected chi connectivity index (χ1v) is 7.76. The van der Waals surface area contributed by atoms with Crippen molar-refractivity contribution in [3.05, 3.63) is 29.3 Å². The molecular formula is C17H26N2O. The molecule has 4 unspecified atom stereocenters.